The summed E-state index contributed by atoms with van der Waals surface area (Å²) in [6.07, 6.45) is 7.96. The molecule has 0 radical (unpaired) electrons. The summed E-state index contributed by atoms with van der Waals surface area (Å²) < 4.78 is 0. The zero-order chi connectivity index (χ0) is 15.4. The van der Waals surface area contributed by atoms with Crippen LogP contribution in [-0.4, -0.2) is 40.0 Å². The highest BCUT2D eigenvalue weighted by Gasteiger charge is 2.33. The highest BCUT2D eigenvalue weighted by Crippen LogP contribution is 2.35. The summed E-state index contributed by atoms with van der Waals surface area (Å²) in [4.78, 5) is 14.8. The zero-order valence-corrected chi connectivity index (χ0v) is 12.5. The van der Waals surface area contributed by atoms with E-state index in [1.54, 1.807) is 12.4 Å². The van der Waals surface area contributed by atoms with E-state index in [1.165, 1.54) is 11.8 Å². The maximum absolute atomic E-state index is 9.07. The molecule has 112 valence electrons. The van der Waals surface area contributed by atoms with Crippen molar-refractivity contribution in [3.8, 4) is 6.07 Å². The highest BCUT2D eigenvalue weighted by atomic mass is 15.2. The Morgan fingerprint density at radius 3 is 3.00 bits per heavy atom. The van der Waals surface area contributed by atoms with Crippen LogP contribution in [0.5, 0.6) is 0 Å². The number of nitriles is 1. The first-order chi connectivity index (χ1) is 10.8. The minimum atomic E-state index is 0.336. The van der Waals surface area contributed by atoms with Gasteiger partial charge in [0.25, 0.3) is 0 Å². The third-order valence-electron chi connectivity index (χ3n) is 4.14. The molecule has 2 atom stereocenters. The lowest BCUT2D eigenvalue weighted by Gasteiger charge is -2.25. The highest BCUT2D eigenvalue weighted by molar-refractivity contribution is 5.46. The van der Waals surface area contributed by atoms with Crippen molar-refractivity contribution in [3.05, 3.63) is 48.2 Å². The number of rotatable bonds is 4. The van der Waals surface area contributed by atoms with E-state index in [-0.39, 0.29) is 0 Å². The Hall–Kier alpha value is -2.52. The van der Waals surface area contributed by atoms with Crippen LogP contribution in [0.4, 0.5) is 5.82 Å². The molecule has 0 aliphatic carbocycles. The Balaban J connectivity index is 1.73. The van der Waals surface area contributed by atoms with Crippen LogP contribution in [0.1, 0.15) is 23.7 Å². The van der Waals surface area contributed by atoms with E-state index >= 15 is 0 Å². The van der Waals surface area contributed by atoms with Gasteiger partial charge in [0.1, 0.15) is 6.07 Å². The van der Waals surface area contributed by atoms with Gasteiger partial charge in [-0.25, -0.2) is 9.97 Å². The summed E-state index contributed by atoms with van der Waals surface area (Å²) >= 11 is 0. The van der Waals surface area contributed by atoms with Crippen molar-refractivity contribution < 1.29 is 0 Å². The molecule has 2 aromatic heterocycles. The predicted molar refractivity (Wildman–Crippen MR) is 83.0 cm³/mol. The van der Waals surface area contributed by atoms with Crippen LogP contribution >= 0.6 is 0 Å². The summed E-state index contributed by atoms with van der Waals surface area (Å²) in [5.41, 5.74) is 1.57. The van der Waals surface area contributed by atoms with Crippen molar-refractivity contribution >= 4 is 5.82 Å². The standard InChI is InChI=1S/C16H18N6/c1-22-8-4-13(15(22)12-3-2-5-18-10-12)11-21-16-14(9-17)19-6-7-20-16/h2-3,5-7,10,13,15H,4,8,11H2,1H3,(H,20,21)/t13-,15-/m0/s1. The molecule has 3 rings (SSSR count). The SMILES string of the molecule is CN1CC[C@@H](CNc2nccnc2C#N)[C@@H]1c1cccnc1. The molecule has 3 heterocycles. The quantitative estimate of drug-likeness (QED) is 0.927. The van der Waals surface area contributed by atoms with E-state index in [9.17, 15) is 0 Å². The lowest BCUT2D eigenvalue weighted by molar-refractivity contribution is 0.281. The number of likely N-dealkylation sites (tertiary alicyclic amines) is 1. The molecule has 0 amide bonds. The molecule has 0 saturated carbocycles. The number of nitrogens with one attached hydrogen (secondary N) is 1. The molecule has 1 N–H and O–H groups in total. The summed E-state index contributed by atoms with van der Waals surface area (Å²) in [6, 6.07) is 6.50. The van der Waals surface area contributed by atoms with E-state index in [2.05, 4.69) is 44.4 Å². The second-order valence-electron chi connectivity index (χ2n) is 5.51. The number of anilines is 1. The van der Waals surface area contributed by atoms with E-state index in [0.29, 0.717) is 23.5 Å². The molecular formula is C16H18N6. The molecule has 0 unspecified atom stereocenters. The van der Waals surface area contributed by atoms with Gasteiger partial charge in [0, 0.05) is 37.4 Å². The zero-order valence-electron chi connectivity index (χ0n) is 12.5. The lowest BCUT2D eigenvalue weighted by Crippen LogP contribution is -2.25. The van der Waals surface area contributed by atoms with E-state index < -0.39 is 0 Å². The van der Waals surface area contributed by atoms with Gasteiger partial charge in [-0.1, -0.05) is 6.07 Å². The molecule has 0 aromatic carbocycles. The summed E-state index contributed by atoms with van der Waals surface area (Å²) in [6.45, 7) is 1.81. The van der Waals surface area contributed by atoms with Crippen molar-refractivity contribution in [2.45, 2.75) is 12.5 Å². The summed E-state index contributed by atoms with van der Waals surface area (Å²) in [5.74, 6) is 1.01. The predicted octanol–water partition coefficient (Wildman–Crippen LogP) is 1.85. The Morgan fingerprint density at radius 2 is 2.23 bits per heavy atom. The number of hydrogen-bond acceptors (Lipinski definition) is 6. The first-order valence-electron chi connectivity index (χ1n) is 7.34. The van der Waals surface area contributed by atoms with Crippen LogP contribution < -0.4 is 5.32 Å². The molecule has 1 fully saturated rings. The number of nitrogens with zero attached hydrogens (tertiary/aromatic N) is 5. The van der Waals surface area contributed by atoms with Crippen molar-refractivity contribution in [3.63, 3.8) is 0 Å². The Kier molecular flexibility index (Phi) is 4.26. The van der Waals surface area contributed by atoms with Crippen molar-refractivity contribution in [1.82, 2.24) is 19.9 Å². The van der Waals surface area contributed by atoms with Gasteiger partial charge in [0.05, 0.1) is 0 Å². The van der Waals surface area contributed by atoms with Gasteiger partial charge in [-0.05, 0) is 37.6 Å². The fourth-order valence-corrected chi connectivity index (χ4v) is 3.09. The van der Waals surface area contributed by atoms with Gasteiger partial charge in [0.15, 0.2) is 11.5 Å². The third kappa shape index (κ3) is 2.90. The minimum absolute atomic E-state index is 0.336. The molecule has 6 nitrogen and oxygen atoms in total. The van der Waals surface area contributed by atoms with Gasteiger partial charge in [0.2, 0.25) is 0 Å². The molecule has 0 spiro atoms. The van der Waals surface area contributed by atoms with Crippen LogP contribution in [-0.2, 0) is 0 Å². The van der Waals surface area contributed by atoms with Gasteiger partial charge in [-0.2, -0.15) is 5.26 Å². The summed E-state index contributed by atoms with van der Waals surface area (Å²) in [7, 11) is 2.14. The maximum atomic E-state index is 9.07. The molecule has 2 aromatic rings. The Labute approximate surface area is 129 Å². The average Bonchev–Trinajstić information content (AvgIpc) is 2.94. The molecule has 22 heavy (non-hydrogen) atoms. The van der Waals surface area contributed by atoms with Crippen LogP contribution in [0.3, 0.4) is 0 Å². The maximum Gasteiger partial charge on any atom is 0.182 e. The monoisotopic (exact) mass is 294 g/mol. The van der Waals surface area contributed by atoms with Crippen LogP contribution in [0, 0.1) is 17.2 Å². The number of pyridine rings is 1. The van der Waals surface area contributed by atoms with E-state index in [4.69, 9.17) is 5.26 Å². The first-order valence-corrected chi connectivity index (χ1v) is 7.34. The average molecular weight is 294 g/mol. The molecule has 0 bridgehead atoms. The second kappa shape index (κ2) is 6.50. The van der Waals surface area contributed by atoms with Gasteiger partial charge < -0.3 is 5.32 Å². The topological polar surface area (TPSA) is 77.7 Å². The first kappa shape index (κ1) is 14.4. The van der Waals surface area contributed by atoms with Gasteiger partial charge in [-0.15, -0.1) is 0 Å². The Morgan fingerprint density at radius 1 is 1.36 bits per heavy atom. The Bertz CT molecular complexity index is 666. The third-order valence-corrected chi connectivity index (χ3v) is 4.14. The molecular weight excluding hydrogens is 276 g/mol. The van der Waals surface area contributed by atoms with Gasteiger partial charge >= 0.3 is 0 Å². The van der Waals surface area contributed by atoms with Crippen LogP contribution in [0.25, 0.3) is 0 Å². The minimum Gasteiger partial charge on any atom is -0.367 e. The van der Waals surface area contributed by atoms with Crippen molar-refractivity contribution in [2.75, 3.05) is 25.5 Å². The molecule has 6 heteroatoms. The normalized spacial score (nSPS) is 21.5. The fraction of sp³-hybridized carbons (Fsp3) is 0.375. The van der Waals surface area contributed by atoms with Crippen molar-refractivity contribution in [2.24, 2.45) is 5.92 Å². The second-order valence-corrected chi connectivity index (χ2v) is 5.51. The molecule has 1 aliphatic rings. The fourth-order valence-electron chi connectivity index (χ4n) is 3.09. The smallest absolute Gasteiger partial charge is 0.182 e. The van der Waals surface area contributed by atoms with Crippen LogP contribution in [0.2, 0.25) is 0 Å². The number of hydrogen-bond donors (Lipinski definition) is 1. The largest absolute Gasteiger partial charge is 0.367 e. The van der Waals surface area contributed by atoms with E-state index in [1.807, 2.05) is 12.3 Å². The molecule has 1 aliphatic heterocycles. The van der Waals surface area contributed by atoms with Crippen molar-refractivity contribution in [1.29, 1.82) is 5.26 Å². The molecule has 1 saturated heterocycles. The van der Waals surface area contributed by atoms with E-state index in [0.717, 1.165) is 19.5 Å². The number of aromatic nitrogens is 3. The van der Waals surface area contributed by atoms with Crippen LogP contribution in [0.15, 0.2) is 36.9 Å². The summed E-state index contributed by atoms with van der Waals surface area (Å²) in [5, 5.41) is 12.4. The lowest BCUT2D eigenvalue weighted by atomic mass is 9.95. The van der Waals surface area contributed by atoms with Gasteiger partial charge in [-0.3, -0.25) is 9.88 Å².